The SMILES string of the molecule is Cc1cc(C(=O)N2CC[C@H](C3CCN(c4ncccn4)CC3)C2)ccc1O. The van der Waals surface area contributed by atoms with E-state index in [9.17, 15) is 9.90 Å². The summed E-state index contributed by atoms with van der Waals surface area (Å²) < 4.78 is 0. The summed E-state index contributed by atoms with van der Waals surface area (Å²) in [4.78, 5) is 25.7. The number of phenolic OH excluding ortho intramolecular Hbond substituents is 1. The zero-order valence-corrected chi connectivity index (χ0v) is 15.7. The molecule has 6 nitrogen and oxygen atoms in total. The second-order valence-electron chi connectivity index (χ2n) is 7.67. The molecule has 1 aromatic heterocycles. The molecule has 3 heterocycles. The van der Waals surface area contributed by atoms with Crippen LogP contribution in [0.1, 0.15) is 35.2 Å². The number of hydrogen-bond acceptors (Lipinski definition) is 5. The molecule has 0 bridgehead atoms. The fourth-order valence-corrected chi connectivity index (χ4v) is 4.35. The van der Waals surface area contributed by atoms with Gasteiger partial charge in [-0.25, -0.2) is 9.97 Å². The summed E-state index contributed by atoms with van der Waals surface area (Å²) in [5.74, 6) is 2.37. The molecule has 27 heavy (non-hydrogen) atoms. The number of aryl methyl sites for hydroxylation is 1. The zero-order chi connectivity index (χ0) is 18.8. The second-order valence-corrected chi connectivity index (χ2v) is 7.67. The zero-order valence-electron chi connectivity index (χ0n) is 15.7. The molecule has 1 N–H and O–H groups in total. The van der Waals surface area contributed by atoms with E-state index in [1.165, 1.54) is 0 Å². The molecule has 2 aromatic rings. The van der Waals surface area contributed by atoms with Crippen molar-refractivity contribution in [1.29, 1.82) is 0 Å². The number of aromatic nitrogens is 2. The van der Waals surface area contributed by atoms with E-state index < -0.39 is 0 Å². The van der Waals surface area contributed by atoms with E-state index >= 15 is 0 Å². The summed E-state index contributed by atoms with van der Waals surface area (Å²) in [5, 5.41) is 9.67. The van der Waals surface area contributed by atoms with E-state index in [-0.39, 0.29) is 11.7 Å². The summed E-state index contributed by atoms with van der Waals surface area (Å²) in [6.07, 6.45) is 6.92. The number of aromatic hydroxyl groups is 1. The van der Waals surface area contributed by atoms with E-state index in [1.807, 2.05) is 17.9 Å². The van der Waals surface area contributed by atoms with Crippen LogP contribution in [-0.4, -0.2) is 52.1 Å². The van der Waals surface area contributed by atoms with Gasteiger partial charge in [-0.3, -0.25) is 4.79 Å². The van der Waals surface area contributed by atoms with Crippen LogP contribution in [0.5, 0.6) is 5.75 Å². The Kier molecular flexibility index (Phi) is 4.97. The van der Waals surface area contributed by atoms with Crippen LogP contribution in [0.25, 0.3) is 0 Å². The lowest BCUT2D eigenvalue weighted by atomic mass is 9.84. The van der Waals surface area contributed by atoms with Gasteiger partial charge in [0, 0.05) is 44.1 Å². The monoisotopic (exact) mass is 366 g/mol. The number of anilines is 1. The molecule has 1 amide bonds. The lowest BCUT2D eigenvalue weighted by Crippen LogP contribution is -2.38. The van der Waals surface area contributed by atoms with E-state index in [4.69, 9.17) is 0 Å². The molecule has 2 aliphatic rings. The van der Waals surface area contributed by atoms with Crippen LogP contribution in [0, 0.1) is 18.8 Å². The van der Waals surface area contributed by atoms with Crippen LogP contribution >= 0.6 is 0 Å². The minimum atomic E-state index is 0.0794. The average Bonchev–Trinajstić information content (AvgIpc) is 3.20. The predicted molar refractivity (Wildman–Crippen MR) is 104 cm³/mol. The predicted octanol–water partition coefficient (Wildman–Crippen LogP) is 2.87. The highest BCUT2D eigenvalue weighted by Crippen LogP contribution is 2.33. The van der Waals surface area contributed by atoms with Crippen molar-refractivity contribution in [2.75, 3.05) is 31.1 Å². The van der Waals surface area contributed by atoms with E-state index in [0.29, 0.717) is 17.4 Å². The van der Waals surface area contributed by atoms with Crippen molar-refractivity contribution in [2.45, 2.75) is 26.2 Å². The maximum Gasteiger partial charge on any atom is 0.253 e. The number of phenols is 1. The van der Waals surface area contributed by atoms with Crippen molar-refractivity contribution in [3.63, 3.8) is 0 Å². The van der Waals surface area contributed by atoms with Crippen molar-refractivity contribution < 1.29 is 9.90 Å². The number of likely N-dealkylation sites (tertiary alicyclic amines) is 1. The molecule has 1 atom stereocenters. The molecule has 2 fully saturated rings. The minimum absolute atomic E-state index is 0.0794. The molecule has 142 valence electrons. The third-order valence-electron chi connectivity index (χ3n) is 6.00. The Balaban J connectivity index is 1.33. The molecular formula is C21H26N4O2. The molecule has 2 saturated heterocycles. The summed E-state index contributed by atoms with van der Waals surface area (Å²) in [7, 11) is 0. The standard InChI is InChI=1S/C21H26N4O2/c1-15-13-17(3-4-19(15)26)20(27)25-12-7-18(14-25)16-5-10-24(11-6-16)21-22-8-2-9-23-21/h2-4,8-9,13,16,18,26H,5-7,10-12,14H2,1H3/t18-/m0/s1. The number of carbonyl (C=O) groups excluding carboxylic acids is 1. The Morgan fingerprint density at radius 2 is 1.78 bits per heavy atom. The molecular weight excluding hydrogens is 340 g/mol. The van der Waals surface area contributed by atoms with Crippen LogP contribution in [0.4, 0.5) is 5.95 Å². The van der Waals surface area contributed by atoms with Crippen molar-refractivity contribution >= 4 is 11.9 Å². The Bertz CT molecular complexity index is 803. The van der Waals surface area contributed by atoms with Gasteiger partial charge in [0.05, 0.1) is 0 Å². The third-order valence-corrected chi connectivity index (χ3v) is 6.00. The number of amides is 1. The normalized spacial score (nSPS) is 20.9. The van der Waals surface area contributed by atoms with Gasteiger partial charge < -0.3 is 14.9 Å². The number of nitrogens with zero attached hydrogens (tertiary/aromatic N) is 4. The summed E-state index contributed by atoms with van der Waals surface area (Å²) in [5.41, 5.74) is 1.41. The first-order valence-electron chi connectivity index (χ1n) is 9.72. The van der Waals surface area contributed by atoms with Crippen molar-refractivity contribution in [3.8, 4) is 5.75 Å². The fourth-order valence-electron chi connectivity index (χ4n) is 4.35. The molecule has 1 aromatic carbocycles. The number of benzene rings is 1. The van der Waals surface area contributed by atoms with Gasteiger partial charge in [-0.05, 0) is 67.9 Å². The van der Waals surface area contributed by atoms with Gasteiger partial charge in [-0.1, -0.05) is 0 Å². The smallest absolute Gasteiger partial charge is 0.253 e. The highest BCUT2D eigenvalue weighted by molar-refractivity contribution is 5.94. The molecule has 0 spiro atoms. The maximum atomic E-state index is 12.8. The lowest BCUT2D eigenvalue weighted by Gasteiger charge is -2.34. The lowest BCUT2D eigenvalue weighted by molar-refractivity contribution is 0.0780. The Morgan fingerprint density at radius 1 is 1.07 bits per heavy atom. The van der Waals surface area contributed by atoms with E-state index in [0.717, 1.165) is 57.0 Å². The van der Waals surface area contributed by atoms with Gasteiger partial charge in [0.2, 0.25) is 5.95 Å². The average molecular weight is 366 g/mol. The summed E-state index contributed by atoms with van der Waals surface area (Å²) in [6, 6.07) is 6.95. The molecule has 0 unspecified atom stereocenters. The molecule has 2 aliphatic heterocycles. The van der Waals surface area contributed by atoms with Crippen molar-refractivity contribution in [3.05, 3.63) is 47.8 Å². The van der Waals surface area contributed by atoms with Gasteiger partial charge in [0.25, 0.3) is 5.91 Å². The van der Waals surface area contributed by atoms with E-state index in [2.05, 4.69) is 14.9 Å². The molecule has 0 radical (unpaired) electrons. The van der Waals surface area contributed by atoms with Gasteiger partial charge in [-0.15, -0.1) is 0 Å². The van der Waals surface area contributed by atoms with Crippen LogP contribution in [0.3, 0.4) is 0 Å². The molecule has 4 rings (SSSR count). The van der Waals surface area contributed by atoms with Gasteiger partial charge in [0.1, 0.15) is 5.75 Å². The van der Waals surface area contributed by atoms with E-state index in [1.54, 1.807) is 30.6 Å². The quantitative estimate of drug-likeness (QED) is 0.905. The van der Waals surface area contributed by atoms with Gasteiger partial charge >= 0.3 is 0 Å². The summed E-state index contributed by atoms with van der Waals surface area (Å²) >= 11 is 0. The first kappa shape index (κ1) is 17.8. The highest BCUT2D eigenvalue weighted by Gasteiger charge is 2.34. The van der Waals surface area contributed by atoms with Crippen molar-refractivity contribution in [1.82, 2.24) is 14.9 Å². The van der Waals surface area contributed by atoms with Crippen LogP contribution < -0.4 is 4.90 Å². The Labute approximate surface area is 159 Å². The largest absolute Gasteiger partial charge is 0.508 e. The third kappa shape index (κ3) is 3.75. The van der Waals surface area contributed by atoms with Gasteiger partial charge in [0.15, 0.2) is 0 Å². The number of carbonyl (C=O) groups is 1. The maximum absolute atomic E-state index is 12.8. The van der Waals surface area contributed by atoms with Crippen LogP contribution in [-0.2, 0) is 0 Å². The first-order chi connectivity index (χ1) is 13.1. The molecule has 0 saturated carbocycles. The topological polar surface area (TPSA) is 69.6 Å². The minimum Gasteiger partial charge on any atom is -0.508 e. The van der Waals surface area contributed by atoms with Crippen LogP contribution in [0.2, 0.25) is 0 Å². The van der Waals surface area contributed by atoms with Crippen LogP contribution in [0.15, 0.2) is 36.7 Å². The number of hydrogen-bond donors (Lipinski definition) is 1. The number of rotatable bonds is 3. The molecule has 6 heteroatoms. The second kappa shape index (κ2) is 7.55. The molecule has 0 aliphatic carbocycles. The fraction of sp³-hybridized carbons (Fsp3) is 0.476. The number of piperidine rings is 1. The summed E-state index contributed by atoms with van der Waals surface area (Å²) in [6.45, 7) is 5.45. The first-order valence-corrected chi connectivity index (χ1v) is 9.72. The van der Waals surface area contributed by atoms with Gasteiger partial charge in [-0.2, -0.15) is 0 Å². The highest BCUT2D eigenvalue weighted by atomic mass is 16.3. The Hall–Kier alpha value is -2.63. The Morgan fingerprint density at radius 3 is 2.48 bits per heavy atom. The van der Waals surface area contributed by atoms with Crippen molar-refractivity contribution in [2.24, 2.45) is 11.8 Å².